The van der Waals surface area contributed by atoms with Crippen LogP contribution in [-0.4, -0.2) is 47.7 Å². The van der Waals surface area contributed by atoms with Gasteiger partial charge < -0.3 is 9.73 Å². The van der Waals surface area contributed by atoms with E-state index in [1.54, 1.807) is 36.4 Å². The molecule has 1 aromatic heterocycles. The van der Waals surface area contributed by atoms with Gasteiger partial charge in [-0.15, -0.1) is 10.2 Å². The summed E-state index contributed by atoms with van der Waals surface area (Å²) >= 11 is 18.5. The standard InChI is InChI=1S/C21H19Cl3N4O4S2/c22-21(23,24)15-5-7-16(8-6-15)25-18(29)13-33-20-27-26-19(32-20)14-3-9-17(10-4-14)34(30,31)28-11-1-2-12-28/h3-10H,1-2,11-13H2,(H,25,29). The van der Waals surface area contributed by atoms with Crippen molar-refractivity contribution in [1.82, 2.24) is 14.5 Å². The fourth-order valence-corrected chi connectivity index (χ4v) is 5.76. The Balaban J connectivity index is 1.33. The van der Waals surface area contributed by atoms with Gasteiger partial charge >= 0.3 is 0 Å². The molecule has 4 rings (SSSR count). The minimum atomic E-state index is -3.49. The molecule has 13 heteroatoms. The third kappa shape index (κ3) is 6.05. The molecule has 0 radical (unpaired) electrons. The Bertz CT molecular complexity index is 1250. The van der Waals surface area contributed by atoms with Crippen molar-refractivity contribution < 1.29 is 17.6 Å². The van der Waals surface area contributed by atoms with Crippen LogP contribution in [0.3, 0.4) is 0 Å². The topological polar surface area (TPSA) is 105 Å². The molecule has 2 aromatic carbocycles. The predicted octanol–water partition coefficient (Wildman–Crippen LogP) is 5.08. The molecule has 1 N–H and O–H groups in total. The van der Waals surface area contributed by atoms with Crippen LogP contribution in [0.25, 0.3) is 11.5 Å². The van der Waals surface area contributed by atoms with E-state index in [9.17, 15) is 13.2 Å². The van der Waals surface area contributed by atoms with E-state index in [-0.39, 0.29) is 27.7 Å². The molecule has 0 saturated carbocycles. The van der Waals surface area contributed by atoms with Gasteiger partial charge in [-0.05, 0) is 49.2 Å². The highest BCUT2D eigenvalue weighted by atomic mass is 35.6. The summed E-state index contributed by atoms with van der Waals surface area (Å²) in [6, 6.07) is 12.8. The number of aromatic nitrogens is 2. The number of nitrogens with zero attached hydrogens (tertiary/aromatic N) is 3. The number of sulfonamides is 1. The summed E-state index contributed by atoms with van der Waals surface area (Å²) in [5, 5.41) is 10.9. The molecule has 1 aliphatic heterocycles. The molecular formula is C21H19Cl3N4O4S2. The van der Waals surface area contributed by atoms with Gasteiger partial charge in [-0.2, -0.15) is 4.31 Å². The third-order valence-electron chi connectivity index (χ3n) is 5.03. The van der Waals surface area contributed by atoms with Crippen molar-refractivity contribution in [1.29, 1.82) is 0 Å². The minimum absolute atomic E-state index is 0.0425. The van der Waals surface area contributed by atoms with E-state index in [4.69, 9.17) is 39.2 Å². The second-order valence-electron chi connectivity index (χ2n) is 7.42. The highest BCUT2D eigenvalue weighted by Crippen LogP contribution is 2.38. The van der Waals surface area contributed by atoms with Gasteiger partial charge in [-0.25, -0.2) is 8.42 Å². The molecule has 1 fully saturated rings. The molecule has 0 bridgehead atoms. The molecule has 0 unspecified atom stereocenters. The van der Waals surface area contributed by atoms with Crippen LogP contribution in [0.1, 0.15) is 18.4 Å². The quantitative estimate of drug-likeness (QED) is 0.317. The number of alkyl halides is 3. The Morgan fingerprint density at radius 1 is 1.03 bits per heavy atom. The van der Waals surface area contributed by atoms with Crippen molar-refractivity contribution in [3.05, 3.63) is 54.1 Å². The Morgan fingerprint density at radius 3 is 2.29 bits per heavy atom. The lowest BCUT2D eigenvalue weighted by Crippen LogP contribution is -2.27. The minimum Gasteiger partial charge on any atom is -0.411 e. The van der Waals surface area contributed by atoms with Crippen LogP contribution in [0.2, 0.25) is 0 Å². The maximum Gasteiger partial charge on any atom is 0.277 e. The smallest absolute Gasteiger partial charge is 0.277 e. The van der Waals surface area contributed by atoms with Crippen LogP contribution in [-0.2, 0) is 18.6 Å². The number of amides is 1. The number of thioether (sulfide) groups is 1. The molecule has 0 spiro atoms. The zero-order chi connectivity index (χ0) is 24.3. The monoisotopic (exact) mass is 560 g/mol. The maximum absolute atomic E-state index is 12.6. The second kappa shape index (κ2) is 10.4. The van der Waals surface area contributed by atoms with E-state index in [1.165, 1.54) is 16.4 Å². The van der Waals surface area contributed by atoms with Gasteiger partial charge in [-0.3, -0.25) is 4.79 Å². The van der Waals surface area contributed by atoms with E-state index >= 15 is 0 Å². The summed E-state index contributed by atoms with van der Waals surface area (Å²) in [6.45, 7) is 1.09. The number of nitrogens with one attached hydrogen (secondary N) is 1. The molecule has 3 aromatic rings. The number of carbonyl (C=O) groups is 1. The fraction of sp³-hybridized carbons (Fsp3) is 0.286. The average molecular weight is 562 g/mol. The Hall–Kier alpha value is -1.82. The summed E-state index contributed by atoms with van der Waals surface area (Å²) < 4.78 is 30.8. The zero-order valence-corrected chi connectivity index (χ0v) is 21.5. The van der Waals surface area contributed by atoms with Crippen molar-refractivity contribution >= 4 is 68.2 Å². The zero-order valence-electron chi connectivity index (χ0n) is 17.6. The van der Waals surface area contributed by atoms with Crippen molar-refractivity contribution in [2.24, 2.45) is 0 Å². The van der Waals surface area contributed by atoms with E-state index in [0.717, 1.165) is 24.6 Å². The fourth-order valence-electron chi connectivity index (χ4n) is 3.30. The first-order valence-corrected chi connectivity index (χ1v) is 13.7. The lowest BCUT2D eigenvalue weighted by Gasteiger charge is -2.15. The average Bonchev–Trinajstić information content (AvgIpc) is 3.50. The second-order valence-corrected chi connectivity index (χ2v) is 12.6. The summed E-state index contributed by atoms with van der Waals surface area (Å²) in [7, 11) is -3.49. The lowest BCUT2D eigenvalue weighted by atomic mass is 10.2. The van der Waals surface area contributed by atoms with Crippen LogP contribution in [0, 0.1) is 0 Å². The lowest BCUT2D eigenvalue weighted by molar-refractivity contribution is -0.113. The van der Waals surface area contributed by atoms with Gasteiger partial charge in [0.25, 0.3) is 5.22 Å². The SMILES string of the molecule is O=C(CSc1nnc(-c2ccc(S(=O)(=O)N3CCCC3)cc2)o1)Nc1ccc(C(Cl)(Cl)Cl)cc1. The van der Waals surface area contributed by atoms with Crippen molar-refractivity contribution in [3.63, 3.8) is 0 Å². The molecule has 0 atom stereocenters. The molecule has 8 nitrogen and oxygen atoms in total. The number of anilines is 1. The first kappa shape index (κ1) is 25.3. The molecule has 1 amide bonds. The highest BCUT2D eigenvalue weighted by Gasteiger charge is 2.27. The third-order valence-corrected chi connectivity index (χ3v) is 8.42. The predicted molar refractivity (Wildman–Crippen MR) is 133 cm³/mol. The number of halogens is 3. The number of hydrogen-bond donors (Lipinski definition) is 1. The molecule has 0 aliphatic carbocycles. The summed E-state index contributed by atoms with van der Waals surface area (Å²) in [5.41, 5.74) is 1.63. The number of rotatable bonds is 7. The van der Waals surface area contributed by atoms with Gasteiger partial charge in [0.15, 0.2) is 0 Å². The molecular weight excluding hydrogens is 543 g/mol. The van der Waals surface area contributed by atoms with E-state index in [2.05, 4.69) is 15.5 Å². The summed E-state index contributed by atoms with van der Waals surface area (Å²) in [4.78, 5) is 12.5. The van der Waals surface area contributed by atoms with Crippen LogP contribution < -0.4 is 5.32 Å². The van der Waals surface area contributed by atoms with Gasteiger partial charge in [0.2, 0.25) is 25.6 Å². The Morgan fingerprint density at radius 2 is 1.68 bits per heavy atom. The molecule has 34 heavy (non-hydrogen) atoms. The van der Waals surface area contributed by atoms with E-state index < -0.39 is 13.8 Å². The van der Waals surface area contributed by atoms with Crippen LogP contribution in [0.5, 0.6) is 0 Å². The van der Waals surface area contributed by atoms with Gasteiger partial charge in [0.1, 0.15) is 0 Å². The van der Waals surface area contributed by atoms with Crippen LogP contribution in [0.15, 0.2) is 63.1 Å². The van der Waals surface area contributed by atoms with Crippen molar-refractivity contribution in [2.45, 2.75) is 26.8 Å². The highest BCUT2D eigenvalue weighted by molar-refractivity contribution is 7.99. The summed E-state index contributed by atoms with van der Waals surface area (Å²) in [6.07, 6.45) is 1.75. The molecule has 180 valence electrons. The molecule has 1 aliphatic rings. The number of hydrogen-bond acceptors (Lipinski definition) is 7. The van der Waals surface area contributed by atoms with E-state index in [0.29, 0.717) is 29.9 Å². The Kier molecular flexibility index (Phi) is 7.75. The van der Waals surface area contributed by atoms with Crippen molar-refractivity contribution in [3.8, 4) is 11.5 Å². The first-order chi connectivity index (χ1) is 16.1. The number of benzene rings is 2. The molecule has 2 heterocycles. The summed E-state index contributed by atoms with van der Waals surface area (Å²) in [5.74, 6) is -0.000835. The largest absolute Gasteiger partial charge is 0.411 e. The number of carbonyl (C=O) groups excluding carboxylic acids is 1. The van der Waals surface area contributed by atoms with E-state index in [1.807, 2.05) is 0 Å². The normalized spacial score (nSPS) is 14.9. The Labute approximate surface area is 216 Å². The maximum atomic E-state index is 12.6. The molecule has 1 saturated heterocycles. The van der Waals surface area contributed by atoms with Gasteiger partial charge in [0.05, 0.1) is 10.6 Å². The van der Waals surface area contributed by atoms with Crippen LogP contribution >= 0.6 is 46.6 Å². The first-order valence-electron chi connectivity index (χ1n) is 10.2. The van der Waals surface area contributed by atoms with Crippen LogP contribution in [0.4, 0.5) is 5.69 Å². The van der Waals surface area contributed by atoms with Gasteiger partial charge in [-0.1, -0.05) is 58.7 Å². The van der Waals surface area contributed by atoms with Gasteiger partial charge in [0, 0.05) is 29.9 Å². The van der Waals surface area contributed by atoms with Crippen molar-refractivity contribution in [2.75, 3.05) is 24.2 Å².